The number of amides is 3. The van der Waals surface area contributed by atoms with Gasteiger partial charge in [-0.1, -0.05) is 42.8 Å². The Bertz CT molecular complexity index is 1070. The topological polar surface area (TPSA) is 85.0 Å². The summed E-state index contributed by atoms with van der Waals surface area (Å²) in [5.41, 5.74) is 2.84. The molecule has 2 aromatic rings. The lowest BCUT2D eigenvalue weighted by atomic mass is 10.1. The van der Waals surface area contributed by atoms with Gasteiger partial charge in [0.2, 0.25) is 17.7 Å². The Hall–Kier alpha value is -3.10. The van der Waals surface area contributed by atoms with Crippen molar-refractivity contribution in [3.63, 3.8) is 0 Å². The van der Waals surface area contributed by atoms with Crippen molar-refractivity contribution in [1.29, 1.82) is 0 Å². The molecule has 2 saturated heterocycles. The Kier molecular flexibility index (Phi) is 8.25. The van der Waals surface area contributed by atoms with Crippen LogP contribution in [0.2, 0.25) is 5.02 Å². The van der Waals surface area contributed by atoms with E-state index in [9.17, 15) is 14.4 Å². The van der Waals surface area contributed by atoms with Crippen molar-refractivity contribution in [3.8, 4) is 0 Å². The molecule has 2 aliphatic heterocycles. The van der Waals surface area contributed by atoms with Gasteiger partial charge in [0.05, 0.1) is 13.0 Å². The summed E-state index contributed by atoms with van der Waals surface area (Å²) in [7, 11) is 0. The summed E-state index contributed by atoms with van der Waals surface area (Å²) < 4.78 is 0. The van der Waals surface area contributed by atoms with Crippen LogP contribution in [0.25, 0.3) is 0 Å². The molecule has 2 N–H and O–H groups in total. The number of para-hydroxylation sites is 1. The standard InChI is InChI=1S/C26H32ClN5O3/c1-2-19-6-3-4-9-22(19)29-24(33)17-23-26(35)28-10-11-32(23)25(34)18-30-12-14-31(15-13-30)21-8-5-7-20(27)16-21/h3-9,16,23H,2,10-15,17-18H2,1H3,(H,28,35)(H,29,33). The summed E-state index contributed by atoms with van der Waals surface area (Å²) in [6.45, 7) is 6.09. The van der Waals surface area contributed by atoms with Gasteiger partial charge in [0.15, 0.2) is 0 Å². The van der Waals surface area contributed by atoms with E-state index in [0.717, 1.165) is 49.5 Å². The second kappa shape index (κ2) is 11.6. The Morgan fingerprint density at radius 3 is 2.57 bits per heavy atom. The Balaban J connectivity index is 1.34. The zero-order valence-electron chi connectivity index (χ0n) is 20.0. The van der Waals surface area contributed by atoms with E-state index in [1.54, 1.807) is 4.90 Å². The van der Waals surface area contributed by atoms with Crippen LogP contribution < -0.4 is 15.5 Å². The number of piperazine rings is 2. The summed E-state index contributed by atoms with van der Waals surface area (Å²) in [5.74, 6) is -0.682. The number of hydrogen-bond donors (Lipinski definition) is 2. The van der Waals surface area contributed by atoms with Gasteiger partial charge in [-0.2, -0.15) is 0 Å². The van der Waals surface area contributed by atoms with Crippen molar-refractivity contribution in [2.24, 2.45) is 0 Å². The highest BCUT2D eigenvalue weighted by Gasteiger charge is 2.35. The van der Waals surface area contributed by atoms with Crippen molar-refractivity contribution < 1.29 is 14.4 Å². The molecule has 0 aliphatic carbocycles. The number of carbonyl (C=O) groups is 3. The normalized spacial score (nSPS) is 18.8. The number of anilines is 2. The van der Waals surface area contributed by atoms with Gasteiger partial charge in [-0.15, -0.1) is 0 Å². The number of benzene rings is 2. The maximum Gasteiger partial charge on any atom is 0.243 e. The zero-order valence-corrected chi connectivity index (χ0v) is 20.8. The molecule has 2 fully saturated rings. The van der Waals surface area contributed by atoms with Gasteiger partial charge in [0, 0.05) is 55.7 Å². The van der Waals surface area contributed by atoms with Crippen molar-refractivity contribution in [2.45, 2.75) is 25.8 Å². The molecule has 4 rings (SSSR count). The Morgan fingerprint density at radius 2 is 1.83 bits per heavy atom. The molecule has 0 spiro atoms. The second-order valence-electron chi connectivity index (χ2n) is 8.90. The van der Waals surface area contributed by atoms with Crippen LogP contribution in [0.5, 0.6) is 0 Å². The van der Waals surface area contributed by atoms with Crippen molar-refractivity contribution >= 4 is 40.7 Å². The highest BCUT2D eigenvalue weighted by molar-refractivity contribution is 6.30. The summed E-state index contributed by atoms with van der Waals surface area (Å²) in [6.07, 6.45) is 0.716. The van der Waals surface area contributed by atoms with Crippen LogP contribution in [0.1, 0.15) is 18.9 Å². The van der Waals surface area contributed by atoms with E-state index < -0.39 is 6.04 Å². The Morgan fingerprint density at radius 1 is 1.06 bits per heavy atom. The molecule has 35 heavy (non-hydrogen) atoms. The van der Waals surface area contributed by atoms with Gasteiger partial charge in [-0.3, -0.25) is 19.3 Å². The third-order valence-corrected chi connectivity index (χ3v) is 6.84. The van der Waals surface area contributed by atoms with Gasteiger partial charge in [0.25, 0.3) is 0 Å². The number of carbonyl (C=O) groups excluding carboxylic acids is 3. The van der Waals surface area contributed by atoms with Gasteiger partial charge in [-0.05, 0) is 36.2 Å². The average Bonchev–Trinajstić information content (AvgIpc) is 2.86. The monoisotopic (exact) mass is 497 g/mol. The number of aryl methyl sites for hydroxylation is 1. The SMILES string of the molecule is CCc1ccccc1NC(=O)CC1C(=O)NCCN1C(=O)CN1CCN(c2cccc(Cl)c2)CC1. The first-order chi connectivity index (χ1) is 16.9. The predicted octanol–water partition coefficient (Wildman–Crippen LogP) is 2.38. The van der Waals surface area contributed by atoms with E-state index in [4.69, 9.17) is 11.6 Å². The van der Waals surface area contributed by atoms with Crippen LogP contribution in [-0.4, -0.2) is 79.4 Å². The molecule has 2 aliphatic rings. The van der Waals surface area contributed by atoms with Gasteiger partial charge in [0.1, 0.15) is 6.04 Å². The van der Waals surface area contributed by atoms with E-state index in [-0.39, 0.29) is 30.7 Å². The molecule has 1 unspecified atom stereocenters. The minimum Gasteiger partial charge on any atom is -0.369 e. The first-order valence-corrected chi connectivity index (χ1v) is 12.5. The van der Waals surface area contributed by atoms with E-state index in [1.165, 1.54) is 0 Å². The number of nitrogens with one attached hydrogen (secondary N) is 2. The number of halogens is 1. The van der Waals surface area contributed by atoms with Crippen LogP contribution in [0, 0.1) is 0 Å². The molecule has 0 aromatic heterocycles. The predicted molar refractivity (Wildman–Crippen MR) is 138 cm³/mol. The van der Waals surface area contributed by atoms with Crippen LogP contribution >= 0.6 is 11.6 Å². The summed E-state index contributed by atoms with van der Waals surface area (Å²) >= 11 is 6.12. The molecule has 8 nitrogen and oxygen atoms in total. The molecule has 186 valence electrons. The van der Waals surface area contributed by atoms with Crippen molar-refractivity contribution in [3.05, 3.63) is 59.1 Å². The van der Waals surface area contributed by atoms with Crippen LogP contribution in [0.3, 0.4) is 0 Å². The fourth-order valence-corrected chi connectivity index (χ4v) is 4.85. The smallest absolute Gasteiger partial charge is 0.243 e. The van der Waals surface area contributed by atoms with Gasteiger partial charge in [-0.25, -0.2) is 0 Å². The van der Waals surface area contributed by atoms with E-state index in [0.29, 0.717) is 18.1 Å². The minimum atomic E-state index is -0.808. The molecule has 2 heterocycles. The molecular weight excluding hydrogens is 466 g/mol. The maximum absolute atomic E-state index is 13.2. The van der Waals surface area contributed by atoms with Crippen molar-refractivity contribution in [2.75, 3.05) is 56.0 Å². The van der Waals surface area contributed by atoms with Crippen LogP contribution in [0.15, 0.2) is 48.5 Å². The lowest BCUT2D eigenvalue weighted by Gasteiger charge is -2.39. The number of nitrogens with zero attached hydrogens (tertiary/aromatic N) is 3. The summed E-state index contributed by atoms with van der Waals surface area (Å²) in [5, 5.41) is 6.41. The fourth-order valence-electron chi connectivity index (χ4n) is 4.66. The van der Waals surface area contributed by atoms with Crippen LogP contribution in [0.4, 0.5) is 11.4 Å². The lowest BCUT2D eigenvalue weighted by molar-refractivity contribution is -0.145. The van der Waals surface area contributed by atoms with E-state index in [2.05, 4.69) is 20.4 Å². The third kappa shape index (κ3) is 6.32. The molecule has 0 saturated carbocycles. The molecule has 0 bridgehead atoms. The van der Waals surface area contributed by atoms with Gasteiger partial charge >= 0.3 is 0 Å². The van der Waals surface area contributed by atoms with Gasteiger partial charge < -0.3 is 20.4 Å². The number of rotatable bonds is 7. The zero-order chi connectivity index (χ0) is 24.8. The molecule has 3 amide bonds. The molecule has 0 radical (unpaired) electrons. The Labute approximate surface area is 211 Å². The average molecular weight is 498 g/mol. The highest BCUT2D eigenvalue weighted by atomic mass is 35.5. The molecule has 1 atom stereocenters. The fraction of sp³-hybridized carbons (Fsp3) is 0.423. The third-order valence-electron chi connectivity index (χ3n) is 6.61. The second-order valence-corrected chi connectivity index (χ2v) is 9.34. The van der Waals surface area contributed by atoms with E-state index in [1.807, 2.05) is 55.5 Å². The number of hydrogen-bond acceptors (Lipinski definition) is 5. The summed E-state index contributed by atoms with van der Waals surface area (Å²) in [4.78, 5) is 44.5. The molecule has 2 aromatic carbocycles. The molecule has 9 heteroatoms. The highest BCUT2D eigenvalue weighted by Crippen LogP contribution is 2.21. The quantitative estimate of drug-likeness (QED) is 0.613. The first kappa shape index (κ1) is 25.0. The maximum atomic E-state index is 13.2. The van der Waals surface area contributed by atoms with E-state index >= 15 is 0 Å². The largest absolute Gasteiger partial charge is 0.369 e. The lowest BCUT2D eigenvalue weighted by Crippen LogP contribution is -2.60. The summed E-state index contributed by atoms with van der Waals surface area (Å²) in [6, 6.07) is 14.6. The minimum absolute atomic E-state index is 0.0713. The first-order valence-electron chi connectivity index (χ1n) is 12.1. The molecular formula is C26H32ClN5O3. The van der Waals surface area contributed by atoms with Crippen LogP contribution in [-0.2, 0) is 20.8 Å². The van der Waals surface area contributed by atoms with Crippen molar-refractivity contribution in [1.82, 2.24) is 15.1 Å².